The second-order valence-electron chi connectivity index (χ2n) is 6.78. The number of aromatic hydroxyl groups is 1. The smallest absolute Gasteiger partial charge is 0.257 e. The standard InChI is InChI=1S/C22H22N2O3.C2H6/c1-14(2)13-23-22(27)20-18(11-6-12-19(20)25)24-21(26)17-10-5-8-15-7-3-4-9-16(15)17;1-2/h3-12,14,25H,13H2,1-2H3,(H,23,27)(H,24,26);1-2H3. The Morgan fingerprint density at radius 1 is 0.897 bits per heavy atom. The van der Waals surface area contributed by atoms with Crippen LogP contribution in [0.25, 0.3) is 10.8 Å². The van der Waals surface area contributed by atoms with Gasteiger partial charge in [-0.15, -0.1) is 0 Å². The molecule has 3 rings (SSSR count). The number of benzene rings is 3. The minimum atomic E-state index is -0.421. The van der Waals surface area contributed by atoms with Gasteiger partial charge in [0.2, 0.25) is 0 Å². The number of carbonyl (C=O) groups excluding carboxylic acids is 2. The zero-order chi connectivity index (χ0) is 21.4. The summed E-state index contributed by atoms with van der Waals surface area (Å²) < 4.78 is 0. The van der Waals surface area contributed by atoms with Crippen molar-refractivity contribution in [3.63, 3.8) is 0 Å². The number of rotatable bonds is 5. The summed E-state index contributed by atoms with van der Waals surface area (Å²) >= 11 is 0. The molecule has 5 heteroatoms. The molecule has 29 heavy (non-hydrogen) atoms. The summed E-state index contributed by atoms with van der Waals surface area (Å²) in [6.07, 6.45) is 0. The van der Waals surface area contributed by atoms with Gasteiger partial charge in [-0.3, -0.25) is 9.59 Å². The fourth-order valence-corrected chi connectivity index (χ4v) is 2.88. The van der Waals surface area contributed by atoms with Crippen molar-refractivity contribution in [2.24, 2.45) is 5.92 Å². The molecular formula is C24H28N2O3. The van der Waals surface area contributed by atoms with Crippen LogP contribution >= 0.6 is 0 Å². The summed E-state index contributed by atoms with van der Waals surface area (Å²) in [6.45, 7) is 8.44. The number of nitrogens with one attached hydrogen (secondary N) is 2. The SMILES string of the molecule is CC.CC(C)CNC(=O)c1c(O)cccc1NC(=O)c1cccc2ccccc12. The van der Waals surface area contributed by atoms with E-state index in [0.717, 1.165) is 10.8 Å². The molecule has 0 fully saturated rings. The molecule has 0 heterocycles. The maximum absolute atomic E-state index is 12.9. The van der Waals surface area contributed by atoms with Gasteiger partial charge >= 0.3 is 0 Å². The molecule has 0 radical (unpaired) electrons. The van der Waals surface area contributed by atoms with Crippen LogP contribution in [-0.4, -0.2) is 23.5 Å². The number of fused-ring (bicyclic) bond motifs is 1. The predicted octanol–water partition coefficient (Wildman–Crippen LogP) is 5.21. The fourth-order valence-electron chi connectivity index (χ4n) is 2.88. The van der Waals surface area contributed by atoms with Gasteiger partial charge in [0.05, 0.1) is 5.69 Å². The van der Waals surface area contributed by atoms with E-state index in [-0.39, 0.29) is 28.8 Å². The van der Waals surface area contributed by atoms with E-state index in [1.165, 1.54) is 6.07 Å². The molecule has 0 aliphatic carbocycles. The van der Waals surface area contributed by atoms with Gasteiger partial charge in [-0.1, -0.05) is 70.2 Å². The van der Waals surface area contributed by atoms with Crippen molar-refractivity contribution >= 4 is 28.3 Å². The molecule has 5 nitrogen and oxygen atoms in total. The summed E-state index contributed by atoms with van der Waals surface area (Å²) in [7, 11) is 0. The normalized spacial score (nSPS) is 10.2. The Morgan fingerprint density at radius 3 is 2.28 bits per heavy atom. The van der Waals surface area contributed by atoms with Crippen molar-refractivity contribution in [2.75, 3.05) is 11.9 Å². The zero-order valence-corrected chi connectivity index (χ0v) is 17.3. The first-order chi connectivity index (χ1) is 14.0. The quantitative estimate of drug-likeness (QED) is 0.558. The molecule has 152 valence electrons. The third kappa shape index (κ3) is 5.35. The highest BCUT2D eigenvalue weighted by Gasteiger charge is 2.19. The molecule has 2 amide bonds. The number of amides is 2. The molecule has 3 N–H and O–H groups in total. The molecule has 0 aliphatic rings. The number of carbonyl (C=O) groups is 2. The second kappa shape index (κ2) is 10.3. The van der Waals surface area contributed by atoms with E-state index in [4.69, 9.17) is 0 Å². The molecule has 3 aromatic rings. The Balaban J connectivity index is 0.00000145. The first-order valence-corrected chi connectivity index (χ1v) is 9.86. The molecule has 0 aromatic heterocycles. The highest BCUT2D eigenvalue weighted by atomic mass is 16.3. The fraction of sp³-hybridized carbons (Fsp3) is 0.250. The monoisotopic (exact) mass is 392 g/mol. The Labute approximate surface area is 171 Å². The van der Waals surface area contributed by atoms with Crippen LogP contribution in [0.4, 0.5) is 5.69 Å². The van der Waals surface area contributed by atoms with Crippen molar-refractivity contribution in [1.29, 1.82) is 0 Å². The molecule has 0 saturated carbocycles. The van der Waals surface area contributed by atoms with Crippen LogP contribution in [0.1, 0.15) is 48.4 Å². The predicted molar refractivity (Wildman–Crippen MR) is 119 cm³/mol. The maximum Gasteiger partial charge on any atom is 0.257 e. The van der Waals surface area contributed by atoms with Gasteiger partial charge in [-0.2, -0.15) is 0 Å². The summed E-state index contributed by atoms with van der Waals surface area (Å²) in [4.78, 5) is 25.4. The molecule has 0 spiro atoms. The molecule has 0 saturated heterocycles. The number of phenols is 1. The van der Waals surface area contributed by atoms with E-state index in [0.29, 0.717) is 12.1 Å². The van der Waals surface area contributed by atoms with E-state index < -0.39 is 5.91 Å². The van der Waals surface area contributed by atoms with Crippen LogP contribution in [0.5, 0.6) is 5.75 Å². The Bertz CT molecular complexity index is 991. The summed E-state index contributed by atoms with van der Waals surface area (Å²) in [5.41, 5.74) is 0.839. The van der Waals surface area contributed by atoms with Gasteiger partial charge in [-0.25, -0.2) is 0 Å². The van der Waals surface area contributed by atoms with Crippen molar-refractivity contribution in [3.05, 3.63) is 71.8 Å². The molecule has 3 aromatic carbocycles. The average molecular weight is 392 g/mol. The zero-order valence-electron chi connectivity index (χ0n) is 17.3. The Morgan fingerprint density at radius 2 is 1.55 bits per heavy atom. The van der Waals surface area contributed by atoms with E-state index in [1.807, 2.05) is 64.1 Å². The van der Waals surface area contributed by atoms with Crippen molar-refractivity contribution < 1.29 is 14.7 Å². The van der Waals surface area contributed by atoms with Crippen LogP contribution in [-0.2, 0) is 0 Å². The largest absolute Gasteiger partial charge is 0.507 e. The topological polar surface area (TPSA) is 78.4 Å². The minimum absolute atomic E-state index is 0.0618. The number of hydrogen-bond acceptors (Lipinski definition) is 3. The van der Waals surface area contributed by atoms with Crippen molar-refractivity contribution in [1.82, 2.24) is 5.32 Å². The van der Waals surface area contributed by atoms with E-state index in [1.54, 1.807) is 18.2 Å². The summed E-state index contributed by atoms with van der Waals surface area (Å²) in [5.74, 6) is -0.661. The maximum atomic E-state index is 12.9. The van der Waals surface area contributed by atoms with Gasteiger partial charge in [0.15, 0.2) is 0 Å². The number of anilines is 1. The molecule has 0 bridgehead atoms. The first-order valence-electron chi connectivity index (χ1n) is 9.86. The lowest BCUT2D eigenvalue weighted by atomic mass is 10.0. The minimum Gasteiger partial charge on any atom is -0.507 e. The Kier molecular flexibility index (Phi) is 7.78. The van der Waals surface area contributed by atoms with Gasteiger partial charge in [0.1, 0.15) is 11.3 Å². The van der Waals surface area contributed by atoms with Crippen LogP contribution in [0.2, 0.25) is 0 Å². The van der Waals surface area contributed by atoms with Crippen molar-refractivity contribution in [3.8, 4) is 5.75 Å². The highest BCUT2D eigenvalue weighted by Crippen LogP contribution is 2.27. The van der Waals surface area contributed by atoms with Crippen LogP contribution in [0, 0.1) is 5.92 Å². The lowest BCUT2D eigenvalue weighted by molar-refractivity contribution is 0.0947. The molecular weight excluding hydrogens is 364 g/mol. The van der Waals surface area contributed by atoms with E-state index >= 15 is 0 Å². The molecule has 0 unspecified atom stereocenters. The third-order valence-electron chi connectivity index (χ3n) is 4.22. The third-order valence-corrected chi connectivity index (χ3v) is 4.22. The average Bonchev–Trinajstić information content (AvgIpc) is 2.73. The van der Waals surface area contributed by atoms with Gasteiger partial charge < -0.3 is 15.7 Å². The highest BCUT2D eigenvalue weighted by molar-refractivity contribution is 6.15. The van der Waals surface area contributed by atoms with Crippen LogP contribution in [0.15, 0.2) is 60.7 Å². The lowest BCUT2D eigenvalue weighted by Crippen LogP contribution is -2.28. The molecule has 0 aliphatic heterocycles. The van der Waals surface area contributed by atoms with Gasteiger partial charge in [-0.05, 0) is 34.9 Å². The van der Waals surface area contributed by atoms with Crippen LogP contribution < -0.4 is 10.6 Å². The van der Waals surface area contributed by atoms with E-state index in [2.05, 4.69) is 10.6 Å². The van der Waals surface area contributed by atoms with Gasteiger partial charge in [0.25, 0.3) is 11.8 Å². The Hall–Kier alpha value is -3.34. The van der Waals surface area contributed by atoms with Gasteiger partial charge in [0, 0.05) is 12.1 Å². The molecule has 0 atom stereocenters. The van der Waals surface area contributed by atoms with Crippen LogP contribution in [0.3, 0.4) is 0 Å². The van der Waals surface area contributed by atoms with Crippen molar-refractivity contribution in [2.45, 2.75) is 27.7 Å². The second-order valence-corrected chi connectivity index (χ2v) is 6.78. The van der Waals surface area contributed by atoms with E-state index in [9.17, 15) is 14.7 Å². The lowest BCUT2D eigenvalue weighted by Gasteiger charge is -2.14. The first kappa shape index (κ1) is 22.0. The summed E-state index contributed by atoms with van der Waals surface area (Å²) in [5, 5.41) is 17.5. The summed E-state index contributed by atoms with van der Waals surface area (Å²) in [6, 6.07) is 17.7. The number of phenolic OH excluding ortho intramolecular Hbond substituents is 1. The number of hydrogen-bond donors (Lipinski definition) is 3.